The molecule has 0 atom stereocenters. The SMILES string of the molecule is O=[N+]([O-])c1c(NCCCN2CCOCC2)ncnc1Nc1ccc(F)c(F)c1. The monoisotopic (exact) mass is 394 g/mol. The van der Waals surface area contributed by atoms with Crippen LogP contribution in [0, 0.1) is 21.7 Å². The van der Waals surface area contributed by atoms with E-state index in [-0.39, 0.29) is 23.0 Å². The van der Waals surface area contributed by atoms with E-state index in [0.717, 1.165) is 38.2 Å². The average Bonchev–Trinajstić information content (AvgIpc) is 2.69. The normalized spacial score (nSPS) is 14.6. The summed E-state index contributed by atoms with van der Waals surface area (Å²) in [6.45, 7) is 4.49. The van der Waals surface area contributed by atoms with Gasteiger partial charge in [0.1, 0.15) is 6.33 Å². The van der Waals surface area contributed by atoms with Crippen LogP contribution >= 0.6 is 0 Å². The molecule has 1 aromatic carbocycles. The summed E-state index contributed by atoms with van der Waals surface area (Å²) in [4.78, 5) is 21.0. The van der Waals surface area contributed by atoms with Gasteiger partial charge in [0.25, 0.3) is 0 Å². The van der Waals surface area contributed by atoms with Crippen molar-refractivity contribution >= 4 is 23.0 Å². The van der Waals surface area contributed by atoms with Crippen LogP contribution in [0.4, 0.5) is 31.8 Å². The molecule has 0 unspecified atom stereocenters. The Kier molecular flexibility index (Phi) is 6.61. The molecule has 1 fully saturated rings. The van der Waals surface area contributed by atoms with Gasteiger partial charge in [-0.05, 0) is 25.1 Å². The van der Waals surface area contributed by atoms with Gasteiger partial charge in [0.05, 0.1) is 18.1 Å². The van der Waals surface area contributed by atoms with Gasteiger partial charge in [-0.15, -0.1) is 0 Å². The number of nitro groups is 1. The Morgan fingerprint density at radius 2 is 1.93 bits per heavy atom. The van der Waals surface area contributed by atoms with Crippen molar-refractivity contribution in [1.29, 1.82) is 0 Å². The highest BCUT2D eigenvalue weighted by Crippen LogP contribution is 2.31. The first-order chi connectivity index (χ1) is 13.5. The molecule has 2 aromatic rings. The predicted octanol–water partition coefficient (Wildman–Crippen LogP) is 2.54. The van der Waals surface area contributed by atoms with E-state index in [9.17, 15) is 18.9 Å². The lowest BCUT2D eigenvalue weighted by molar-refractivity contribution is -0.383. The van der Waals surface area contributed by atoms with Crippen LogP contribution in [0.25, 0.3) is 0 Å². The Labute approximate surface area is 159 Å². The lowest BCUT2D eigenvalue weighted by Gasteiger charge is -2.26. The second-order valence-corrected chi connectivity index (χ2v) is 6.16. The Morgan fingerprint density at radius 1 is 1.18 bits per heavy atom. The number of benzene rings is 1. The fourth-order valence-electron chi connectivity index (χ4n) is 2.82. The van der Waals surface area contributed by atoms with E-state index in [1.807, 2.05) is 0 Å². The van der Waals surface area contributed by atoms with Gasteiger partial charge >= 0.3 is 5.69 Å². The molecule has 1 aliphatic heterocycles. The number of nitrogens with one attached hydrogen (secondary N) is 2. The molecular weight excluding hydrogens is 374 g/mol. The van der Waals surface area contributed by atoms with E-state index in [0.29, 0.717) is 19.8 Å². The van der Waals surface area contributed by atoms with Crippen LogP contribution in [-0.2, 0) is 4.74 Å². The molecule has 0 radical (unpaired) electrons. The number of nitrogens with zero attached hydrogens (tertiary/aromatic N) is 4. The highest BCUT2D eigenvalue weighted by atomic mass is 19.2. The Hall–Kier alpha value is -2.92. The van der Waals surface area contributed by atoms with E-state index >= 15 is 0 Å². The van der Waals surface area contributed by atoms with Crippen molar-refractivity contribution in [2.75, 3.05) is 50.0 Å². The molecule has 0 spiro atoms. The minimum Gasteiger partial charge on any atom is -0.379 e. The van der Waals surface area contributed by atoms with Crippen molar-refractivity contribution in [1.82, 2.24) is 14.9 Å². The van der Waals surface area contributed by atoms with Gasteiger partial charge in [-0.3, -0.25) is 15.0 Å². The largest absolute Gasteiger partial charge is 0.379 e. The van der Waals surface area contributed by atoms with Crippen LogP contribution < -0.4 is 10.6 Å². The lowest BCUT2D eigenvalue weighted by Crippen LogP contribution is -2.37. The van der Waals surface area contributed by atoms with E-state index < -0.39 is 16.6 Å². The maximum Gasteiger partial charge on any atom is 0.353 e. The van der Waals surface area contributed by atoms with E-state index in [1.54, 1.807) is 0 Å². The molecule has 1 aromatic heterocycles. The van der Waals surface area contributed by atoms with Crippen LogP contribution in [-0.4, -0.2) is 59.2 Å². The minimum atomic E-state index is -1.07. The molecule has 0 saturated carbocycles. The van der Waals surface area contributed by atoms with Crippen LogP contribution in [0.1, 0.15) is 6.42 Å². The Morgan fingerprint density at radius 3 is 2.64 bits per heavy atom. The molecule has 11 heteroatoms. The molecule has 2 N–H and O–H groups in total. The van der Waals surface area contributed by atoms with Crippen molar-refractivity contribution < 1.29 is 18.4 Å². The summed E-state index contributed by atoms with van der Waals surface area (Å²) in [5.74, 6) is -2.12. The lowest BCUT2D eigenvalue weighted by atomic mass is 10.3. The fraction of sp³-hybridized carbons (Fsp3) is 0.412. The quantitative estimate of drug-likeness (QED) is 0.400. The number of aromatic nitrogens is 2. The van der Waals surface area contributed by atoms with Gasteiger partial charge in [-0.2, -0.15) is 0 Å². The maximum absolute atomic E-state index is 13.4. The number of hydrogen-bond acceptors (Lipinski definition) is 8. The molecule has 9 nitrogen and oxygen atoms in total. The van der Waals surface area contributed by atoms with Crippen LogP contribution in [0.5, 0.6) is 0 Å². The van der Waals surface area contributed by atoms with Crippen molar-refractivity contribution in [3.63, 3.8) is 0 Å². The Bertz CT molecular complexity index is 833. The van der Waals surface area contributed by atoms with E-state index in [1.165, 1.54) is 12.4 Å². The van der Waals surface area contributed by atoms with Gasteiger partial charge in [-0.1, -0.05) is 0 Å². The third kappa shape index (κ3) is 5.08. The predicted molar refractivity (Wildman–Crippen MR) is 98.7 cm³/mol. The van der Waals surface area contributed by atoms with Gasteiger partial charge in [-0.25, -0.2) is 18.7 Å². The number of halogens is 2. The van der Waals surface area contributed by atoms with Crippen LogP contribution in [0.2, 0.25) is 0 Å². The molecule has 0 bridgehead atoms. The smallest absolute Gasteiger partial charge is 0.353 e. The summed E-state index contributed by atoms with van der Waals surface area (Å²) in [5, 5.41) is 17.1. The number of rotatable bonds is 8. The third-order valence-corrected chi connectivity index (χ3v) is 4.23. The van der Waals surface area contributed by atoms with Gasteiger partial charge < -0.3 is 15.4 Å². The zero-order valence-electron chi connectivity index (χ0n) is 15.0. The third-order valence-electron chi connectivity index (χ3n) is 4.23. The molecule has 1 aliphatic rings. The fourth-order valence-corrected chi connectivity index (χ4v) is 2.82. The summed E-state index contributed by atoms with van der Waals surface area (Å²) in [7, 11) is 0. The van der Waals surface area contributed by atoms with Crippen molar-refractivity contribution in [2.24, 2.45) is 0 Å². The first-order valence-corrected chi connectivity index (χ1v) is 8.80. The molecular formula is C17H20F2N6O3. The summed E-state index contributed by atoms with van der Waals surface area (Å²) in [6, 6.07) is 3.09. The standard InChI is InChI=1S/C17H20F2N6O3/c18-13-3-2-12(10-14(13)19)23-17-15(25(26)27)16(21-11-22-17)20-4-1-5-24-6-8-28-9-7-24/h2-3,10-11H,1,4-9H2,(H2,20,21,22,23). The molecule has 0 aliphatic carbocycles. The number of ether oxygens (including phenoxy) is 1. The summed E-state index contributed by atoms with van der Waals surface area (Å²) < 4.78 is 31.7. The van der Waals surface area contributed by atoms with Gasteiger partial charge in [0, 0.05) is 31.4 Å². The maximum atomic E-state index is 13.4. The molecule has 3 rings (SSSR count). The van der Waals surface area contributed by atoms with Gasteiger partial charge in [0.2, 0.25) is 11.6 Å². The van der Waals surface area contributed by atoms with E-state index in [4.69, 9.17) is 4.74 Å². The van der Waals surface area contributed by atoms with E-state index in [2.05, 4.69) is 25.5 Å². The average molecular weight is 394 g/mol. The van der Waals surface area contributed by atoms with Crippen LogP contribution in [0.3, 0.4) is 0 Å². The topological polar surface area (TPSA) is 105 Å². The summed E-state index contributed by atoms with van der Waals surface area (Å²) in [5.41, 5.74) is -0.224. The second-order valence-electron chi connectivity index (χ2n) is 6.16. The first kappa shape index (κ1) is 19.8. The van der Waals surface area contributed by atoms with Crippen molar-refractivity contribution in [3.05, 3.63) is 46.3 Å². The zero-order chi connectivity index (χ0) is 19.9. The summed E-state index contributed by atoms with van der Waals surface area (Å²) in [6.07, 6.45) is 1.94. The molecule has 2 heterocycles. The summed E-state index contributed by atoms with van der Waals surface area (Å²) >= 11 is 0. The number of hydrogen-bond donors (Lipinski definition) is 2. The number of morpholine rings is 1. The molecule has 28 heavy (non-hydrogen) atoms. The Balaban J connectivity index is 1.66. The zero-order valence-corrected chi connectivity index (χ0v) is 15.0. The number of anilines is 3. The minimum absolute atomic E-state index is 0.0621. The first-order valence-electron chi connectivity index (χ1n) is 8.80. The molecule has 150 valence electrons. The van der Waals surface area contributed by atoms with Gasteiger partial charge in [0.15, 0.2) is 11.6 Å². The molecule has 0 amide bonds. The molecule has 1 saturated heterocycles. The highest BCUT2D eigenvalue weighted by Gasteiger charge is 2.23. The van der Waals surface area contributed by atoms with Crippen molar-refractivity contribution in [3.8, 4) is 0 Å². The second kappa shape index (κ2) is 9.33. The van der Waals surface area contributed by atoms with Crippen LogP contribution in [0.15, 0.2) is 24.5 Å². The highest BCUT2D eigenvalue weighted by molar-refractivity contribution is 5.73. The van der Waals surface area contributed by atoms with Crippen molar-refractivity contribution in [2.45, 2.75) is 6.42 Å².